The molecule has 0 aliphatic heterocycles. The predicted octanol–water partition coefficient (Wildman–Crippen LogP) is 1.84. The molecule has 66 valence electrons. The Morgan fingerprint density at radius 2 is 2.25 bits per heavy atom. The van der Waals surface area contributed by atoms with Crippen LogP contribution >= 0.6 is 11.5 Å². The first-order chi connectivity index (χ1) is 5.77. The van der Waals surface area contributed by atoms with Crippen molar-refractivity contribution in [2.75, 3.05) is 11.9 Å². The fourth-order valence-electron chi connectivity index (χ4n) is 1.36. The Hall–Kier alpha value is -0.640. The lowest BCUT2D eigenvalue weighted by atomic mass is 9.92. The molecule has 0 atom stereocenters. The summed E-state index contributed by atoms with van der Waals surface area (Å²) in [7, 11) is 2.11. The van der Waals surface area contributed by atoms with Crippen LogP contribution < -0.4 is 4.90 Å². The van der Waals surface area contributed by atoms with Crippen molar-refractivity contribution in [3.05, 3.63) is 5.82 Å². The van der Waals surface area contributed by atoms with Gasteiger partial charge in [-0.1, -0.05) is 0 Å². The molecule has 1 saturated carbocycles. The second kappa shape index (κ2) is 3.01. The van der Waals surface area contributed by atoms with Crippen molar-refractivity contribution < 1.29 is 0 Å². The van der Waals surface area contributed by atoms with Gasteiger partial charge in [0.1, 0.15) is 5.82 Å². The Morgan fingerprint density at radius 1 is 1.50 bits per heavy atom. The summed E-state index contributed by atoms with van der Waals surface area (Å²) in [4.78, 5) is 6.60. The van der Waals surface area contributed by atoms with Crippen molar-refractivity contribution in [2.24, 2.45) is 0 Å². The Morgan fingerprint density at radius 3 is 2.67 bits per heavy atom. The summed E-state index contributed by atoms with van der Waals surface area (Å²) in [5, 5.41) is 1.07. The van der Waals surface area contributed by atoms with E-state index in [1.165, 1.54) is 30.8 Å². The van der Waals surface area contributed by atoms with Crippen LogP contribution in [0.1, 0.15) is 25.1 Å². The first-order valence-corrected chi connectivity index (χ1v) is 5.08. The van der Waals surface area contributed by atoms with Crippen LogP contribution in [0.4, 0.5) is 5.13 Å². The molecule has 0 N–H and O–H groups in total. The first kappa shape index (κ1) is 7.98. The highest BCUT2D eigenvalue weighted by atomic mass is 32.1. The lowest BCUT2D eigenvalue weighted by Gasteiger charge is -2.34. The summed E-state index contributed by atoms with van der Waals surface area (Å²) in [6.07, 6.45) is 4.00. The van der Waals surface area contributed by atoms with Crippen LogP contribution in [0.5, 0.6) is 0 Å². The first-order valence-electron chi connectivity index (χ1n) is 4.30. The number of aromatic nitrogens is 2. The van der Waals surface area contributed by atoms with Gasteiger partial charge < -0.3 is 4.90 Å². The highest BCUT2D eigenvalue weighted by Gasteiger charge is 2.23. The SMILES string of the molecule is Cc1nsc(N(C)C2CCC2)n1. The Labute approximate surface area is 76.6 Å². The Bertz CT molecular complexity index is 267. The van der Waals surface area contributed by atoms with E-state index in [4.69, 9.17) is 0 Å². The normalized spacial score (nSPS) is 17.5. The van der Waals surface area contributed by atoms with Crippen LogP contribution in [-0.2, 0) is 0 Å². The highest BCUT2D eigenvalue weighted by Crippen LogP contribution is 2.28. The molecule has 1 aliphatic rings. The second-order valence-electron chi connectivity index (χ2n) is 3.32. The smallest absolute Gasteiger partial charge is 0.205 e. The summed E-state index contributed by atoms with van der Waals surface area (Å²) >= 11 is 1.50. The van der Waals surface area contributed by atoms with Crippen molar-refractivity contribution in [3.8, 4) is 0 Å². The molecule has 2 rings (SSSR count). The van der Waals surface area contributed by atoms with Crippen LogP contribution in [0.3, 0.4) is 0 Å². The third-order valence-corrected chi connectivity index (χ3v) is 3.34. The molecule has 1 fully saturated rings. The molecule has 1 aromatic rings. The minimum absolute atomic E-state index is 0.720. The standard InChI is InChI=1S/C8H13N3S/c1-6-9-8(12-10-6)11(2)7-4-3-5-7/h7H,3-5H2,1-2H3. The molecule has 1 aliphatic carbocycles. The topological polar surface area (TPSA) is 29.0 Å². The average Bonchev–Trinajstić information content (AvgIpc) is 2.31. The molecule has 4 heteroatoms. The van der Waals surface area contributed by atoms with E-state index < -0.39 is 0 Å². The molecule has 0 amide bonds. The van der Waals surface area contributed by atoms with Crippen molar-refractivity contribution in [1.29, 1.82) is 0 Å². The summed E-state index contributed by atoms with van der Waals surface area (Å²) in [6.45, 7) is 1.94. The van der Waals surface area contributed by atoms with E-state index in [2.05, 4.69) is 21.3 Å². The second-order valence-corrected chi connectivity index (χ2v) is 4.05. The number of aryl methyl sites for hydroxylation is 1. The van der Waals surface area contributed by atoms with Gasteiger partial charge in [-0.05, 0) is 26.2 Å². The minimum atomic E-state index is 0.720. The lowest BCUT2D eigenvalue weighted by Crippen LogP contribution is -2.36. The Balaban J connectivity index is 2.08. The van der Waals surface area contributed by atoms with Gasteiger partial charge >= 0.3 is 0 Å². The van der Waals surface area contributed by atoms with Crippen LogP contribution in [0.2, 0.25) is 0 Å². The van der Waals surface area contributed by atoms with Gasteiger partial charge in [-0.3, -0.25) is 0 Å². The van der Waals surface area contributed by atoms with Crippen molar-refractivity contribution >= 4 is 16.7 Å². The number of anilines is 1. The maximum absolute atomic E-state index is 4.35. The molecule has 0 saturated heterocycles. The fourth-order valence-corrected chi connectivity index (χ4v) is 2.06. The van der Waals surface area contributed by atoms with E-state index in [0.29, 0.717) is 0 Å². The maximum atomic E-state index is 4.35. The number of rotatable bonds is 2. The quantitative estimate of drug-likeness (QED) is 0.700. The van der Waals surface area contributed by atoms with Crippen molar-refractivity contribution in [3.63, 3.8) is 0 Å². The van der Waals surface area contributed by atoms with Crippen LogP contribution in [0, 0.1) is 6.92 Å². The molecular weight excluding hydrogens is 170 g/mol. The average molecular weight is 183 g/mol. The fraction of sp³-hybridized carbons (Fsp3) is 0.750. The van der Waals surface area contributed by atoms with Gasteiger partial charge in [-0.15, -0.1) is 0 Å². The summed E-state index contributed by atoms with van der Waals surface area (Å²) in [5.74, 6) is 0.890. The summed E-state index contributed by atoms with van der Waals surface area (Å²) < 4.78 is 4.17. The Kier molecular flexibility index (Phi) is 2.00. The predicted molar refractivity (Wildman–Crippen MR) is 50.7 cm³/mol. The van der Waals surface area contributed by atoms with Gasteiger partial charge in [0, 0.05) is 24.6 Å². The molecule has 0 unspecified atom stereocenters. The zero-order valence-electron chi connectivity index (χ0n) is 7.45. The van der Waals surface area contributed by atoms with Gasteiger partial charge in [0.2, 0.25) is 5.13 Å². The monoisotopic (exact) mass is 183 g/mol. The zero-order valence-corrected chi connectivity index (χ0v) is 8.27. The van der Waals surface area contributed by atoms with Gasteiger partial charge in [0.05, 0.1) is 0 Å². The van der Waals surface area contributed by atoms with E-state index in [1.807, 2.05) is 6.92 Å². The summed E-state index contributed by atoms with van der Waals surface area (Å²) in [6, 6.07) is 0.720. The third-order valence-electron chi connectivity index (χ3n) is 2.44. The molecule has 3 nitrogen and oxygen atoms in total. The van der Waals surface area contributed by atoms with Gasteiger partial charge in [0.15, 0.2) is 0 Å². The van der Waals surface area contributed by atoms with Crippen molar-refractivity contribution in [1.82, 2.24) is 9.36 Å². The number of nitrogens with zero attached hydrogens (tertiary/aromatic N) is 3. The van der Waals surface area contributed by atoms with Crippen molar-refractivity contribution in [2.45, 2.75) is 32.2 Å². The lowest BCUT2D eigenvalue weighted by molar-refractivity contribution is 0.401. The van der Waals surface area contributed by atoms with E-state index in [9.17, 15) is 0 Å². The third kappa shape index (κ3) is 1.31. The van der Waals surface area contributed by atoms with E-state index in [1.54, 1.807) is 0 Å². The molecule has 1 aromatic heterocycles. The largest absolute Gasteiger partial charge is 0.347 e. The maximum Gasteiger partial charge on any atom is 0.205 e. The molecule has 0 aromatic carbocycles. The van der Waals surface area contributed by atoms with Crippen LogP contribution in [0.15, 0.2) is 0 Å². The molecule has 0 spiro atoms. The van der Waals surface area contributed by atoms with Gasteiger partial charge in [0.25, 0.3) is 0 Å². The number of hydrogen-bond donors (Lipinski definition) is 0. The van der Waals surface area contributed by atoms with E-state index in [-0.39, 0.29) is 0 Å². The molecule has 1 heterocycles. The van der Waals surface area contributed by atoms with Gasteiger partial charge in [-0.25, -0.2) is 4.98 Å². The molecule has 0 radical (unpaired) electrons. The van der Waals surface area contributed by atoms with Crippen LogP contribution in [-0.4, -0.2) is 22.4 Å². The molecule has 12 heavy (non-hydrogen) atoms. The molecule has 0 bridgehead atoms. The van der Waals surface area contributed by atoms with E-state index in [0.717, 1.165) is 17.0 Å². The zero-order chi connectivity index (χ0) is 8.55. The number of hydrogen-bond acceptors (Lipinski definition) is 4. The van der Waals surface area contributed by atoms with Crippen LogP contribution in [0.25, 0.3) is 0 Å². The minimum Gasteiger partial charge on any atom is -0.347 e. The summed E-state index contributed by atoms with van der Waals surface area (Å²) in [5.41, 5.74) is 0. The van der Waals surface area contributed by atoms with Gasteiger partial charge in [-0.2, -0.15) is 4.37 Å². The van der Waals surface area contributed by atoms with E-state index >= 15 is 0 Å². The highest BCUT2D eigenvalue weighted by molar-refractivity contribution is 7.09. The molecular formula is C8H13N3S.